The lowest BCUT2D eigenvalue weighted by molar-refractivity contribution is -0.140. The number of rotatable bonds is 13. The number of methoxy groups -OCH3 is 1. The number of hydrogen-bond acceptors (Lipinski definition) is 9. The third-order valence-electron chi connectivity index (χ3n) is 11.6. The van der Waals surface area contributed by atoms with Crippen LogP contribution in [-0.2, 0) is 17.8 Å². The second-order valence-corrected chi connectivity index (χ2v) is 17.4. The summed E-state index contributed by atoms with van der Waals surface area (Å²) in [6.07, 6.45) is -4.64. The Labute approximate surface area is 366 Å². The highest BCUT2D eigenvalue weighted by molar-refractivity contribution is 5.95. The Hall–Kier alpha value is -5.66. The fraction of sp³-hybridized carbons (Fsp3) is 0.489. The van der Waals surface area contributed by atoms with E-state index in [1.165, 1.54) is 13.2 Å². The second kappa shape index (κ2) is 19.4. The number of hydrogen-bond donors (Lipinski definition) is 3. The number of benzene rings is 3. The number of ether oxygens (including phenoxy) is 3. The van der Waals surface area contributed by atoms with Crippen LogP contribution in [0.2, 0.25) is 0 Å². The van der Waals surface area contributed by atoms with Crippen molar-refractivity contribution >= 4 is 34.1 Å². The van der Waals surface area contributed by atoms with Crippen molar-refractivity contribution < 1.29 is 46.5 Å². The number of piperidine rings is 1. The minimum absolute atomic E-state index is 0.0104. The normalized spacial score (nSPS) is 19.7. The molecule has 340 valence electrons. The fourth-order valence-electron chi connectivity index (χ4n) is 8.51. The van der Waals surface area contributed by atoms with Gasteiger partial charge >= 0.3 is 6.18 Å². The molecule has 63 heavy (non-hydrogen) atoms. The zero-order chi connectivity index (χ0) is 45.8. The average Bonchev–Trinajstić information content (AvgIpc) is 3.56. The summed E-state index contributed by atoms with van der Waals surface area (Å²) in [6, 6.07) is 15.6. The first kappa shape index (κ1) is 46.8. The number of nitrogens with zero attached hydrogens (tertiary/aromatic N) is 4. The van der Waals surface area contributed by atoms with Crippen LogP contribution >= 0.6 is 0 Å². The van der Waals surface area contributed by atoms with E-state index in [1.54, 1.807) is 43.4 Å². The van der Waals surface area contributed by atoms with Gasteiger partial charge in [-0.05, 0) is 93.6 Å². The van der Waals surface area contributed by atoms with Crippen LogP contribution < -0.4 is 34.6 Å². The SMILES string of the molecule is COc1ccc(C(=O)NCC(C)(C)Oc2ccc3c(c2)N(C)[C@@H](C(C)C)C(=O)N[C@H](CO)C3)cc1OCC#Cc1cc2c(N(C)[C@@H]3CCN(C)C[C@@H]3F)cccc2n1CC(F)(F)F. The van der Waals surface area contributed by atoms with E-state index in [-0.39, 0.29) is 55.1 Å². The maximum Gasteiger partial charge on any atom is 0.406 e. The van der Waals surface area contributed by atoms with Gasteiger partial charge < -0.3 is 49.2 Å². The standard InChI is InChI=1S/C47H58F4N6O6/c1-29(2)43-45(60)53-32(26-58)21-30-14-16-34(24-40(30)56(43)7)63-46(3,4)27-52-44(59)31-15-17-41(61-8)42(22-31)62-20-10-11-33-23-35-37(55(6)39-18-19-54(5)25-36(39)48)12-9-13-38(35)57(33)28-47(49,50)51/h9,12-17,22-24,29,32,36,39,43,58H,18-21,25-28H2,1-8H3,(H,52,59)(H,53,60)/t32-,36-,39+,43-/m0/s1. The number of amides is 2. The molecule has 16 heteroatoms. The Morgan fingerprint density at radius 2 is 1.84 bits per heavy atom. The molecule has 4 aromatic rings. The topological polar surface area (TPSA) is 121 Å². The molecular formula is C47H58F4N6O6. The number of anilines is 2. The summed E-state index contributed by atoms with van der Waals surface area (Å²) in [7, 11) is 6.94. The number of carbonyl (C=O) groups excluding carboxylic acids is 2. The van der Waals surface area contributed by atoms with Crippen molar-refractivity contribution in [1.29, 1.82) is 0 Å². The van der Waals surface area contributed by atoms with Gasteiger partial charge in [0.1, 0.15) is 36.7 Å². The number of halogens is 4. The lowest BCUT2D eigenvalue weighted by Gasteiger charge is -2.39. The third kappa shape index (κ3) is 11.1. The average molecular weight is 879 g/mol. The van der Waals surface area contributed by atoms with Crippen LogP contribution in [0.1, 0.15) is 55.7 Å². The number of fused-ring (bicyclic) bond motifs is 2. The second-order valence-electron chi connectivity index (χ2n) is 17.4. The number of likely N-dealkylation sites (N-methyl/N-ethyl adjacent to an activating group) is 1. The van der Waals surface area contributed by atoms with Gasteiger partial charge in [-0.2, -0.15) is 13.2 Å². The maximum absolute atomic E-state index is 15.2. The number of carbonyl (C=O) groups is 2. The quantitative estimate of drug-likeness (QED) is 0.107. The zero-order valence-corrected chi connectivity index (χ0v) is 37.1. The van der Waals surface area contributed by atoms with Crippen molar-refractivity contribution in [2.75, 3.05) is 70.9 Å². The summed E-state index contributed by atoms with van der Waals surface area (Å²) >= 11 is 0. The Morgan fingerprint density at radius 1 is 1.08 bits per heavy atom. The van der Waals surface area contributed by atoms with E-state index in [0.717, 1.165) is 15.8 Å². The number of alkyl halides is 4. The van der Waals surface area contributed by atoms with Crippen LogP contribution in [0.15, 0.2) is 60.7 Å². The highest BCUT2D eigenvalue weighted by Crippen LogP contribution is 2.36. The predicted molar refractivity (Wildman–Crippen MR) is 236 cm³/mol. The Kier molecular flexibility index (Phi) is 14.4. The Morgan fingerprint density at radius 3 is 2.52 bits per heavy atom. The Bertz CT molecular complexity index is 2340. The van der Waals surface area contributed by atoms with Crippen molar-refractivity contribution in [1.82, 2.24) is 20.1 Å². The molecule has 1 fully saturated rings. The Balaban J connectivity index is 1.15. The molecule has 0 unspecified atom stereocenters. The monoisotopic (exact) mass is 878 g/mol. The van der Waals surface area contributed by atoms with Crippen LogP contribution in [-0.4, -0.2) is 124 Å². The minimum Gasteiger partial charge on any atom is -0.493 e. The van der Waals surface area contributed by atoms with Gasteiger partial charge in [0.2, 0.25) is 5.91 Å². The molecule has 3 aromatic carbocycles. The smallest absolute Gasteiger partial charge is 0.406 e. The molecule has 0 aliphatic carbocycles. The molecule has 2 amide bonds. The molecule has 2 aliphatic rings. The largest absolute Gasteiger partial charge is 0.493 e. The van der Waals surface area contributed by atoms with Gasteiger partial charge in [0, 0.05) is 55.6 Å². The highest BCUT2D eigenvalue weighted by atomic mass is 19.4. The molecule has 0 spiro atoms. The summed E-state index contributed by atoms with van der Waals surface area (Å²) in [5.41, 5.74) is 2.21. The molecule has 0 radical (unpaired) electrons. The molecule has 2 aliphatic heterocycles. The molecule has 12 nitrogen and oxygen atoms in total. The van der Waals surface area contributed by atoms with Gasteiger partial charge in [0.15, 0.2) is 11.5 Å². The highest BCUT2D eigenvalue weighted by Gasteiger charge is 2.35. The zero-order valence-electron chi connectivity index (χ0n) is 37.1. The van der Waals surface area contributed by atoms with E-state index < -0.39 is 48.5 Å². The first-order valence-corrected chi connectivity index (χ1v) is 21.1. The van der Waals surface area contributed by atoms with E-state index in [1.807, 2.05) is 74.7 Å². The molecule has 3 N–H and O–H groups in total. The van der Waals surface area contributed by atoms with Gasteiger partial charge in [0.25, 0.3) is 5.91 Å². The predicted octanol–water partition coefficient (Wildman–Crippen LogP) is 6.20. The first-order chi connectivity index (χ1) is 29.8. The van der Waals surface area contributed by atoms with E-state index >= 15 is 4.39 Å². The lowest BCUT2D eigenvalue weighted by atomic mass is 9.95. The van der Waals surface area contributed by atoms with E-state index in [4.69, 9.17) is 14.2 Å². The van der Waals surface area contributed by atoms with E-state index in [9.17, 15) is 27.9 Å². The lowest BCUT2D eigenvalue weighted by Crippen LogP contribution is -2.54. The third-order valence-corrected chi connectivity index (χ3v) is 11.6. The van der Waals surface area contributed by atoms with Crippen LogP contribution in [0.3, 0.4) is 0 Å². The van der Waals surface area contributed by atoms with Gasteiger partial charge in [0.05, 0.1) is 43.6 Å². The fourth-order valence-corrected chi connectivity index (χ4v) is 8.51. The van der Waals surface area contributed by atoms with Crippen molar-refractivity contribution in [3.05, 3.63) is 77.5 Å². The summed E-state index contributed by atoms with van der Waals surface area (Å²) < 4.78 is 75.8. The summed E-state index contributed by atoms with van der Waals surface area (Å²) in [5, 5.41) is 16.3. The number of aliphatic hydroxyl groups excluding tert-OH is 1. The molecule has 3 heterocycles. The molecule has 1 aromatic heterocycles. The minimum atomic E-state index is -4.53. The number of aromatic nitrogens is 1. The molecule has 1 saturated heterocycles. The maximum atomic E-state index is 15.2. The number of likely N-dealkylation sites (tertiary alicyclic amines) is 1. The first-order valence-electron chi connectivity index (χ1n) is 21.1. The van der Waals surface area contributed by atoms with Crippen molar-refractivity contribution in [3.8, 4) is 29.1 Å². The van der Waals surface area contributed by atoms with Crippen molar-refractivity contribution in [2.24, 2.45) is 5.92 Å². The molecule has 4 atom stereocenters. The van der Waals surface area contributed by atoms with Crippen molar-refractivity contribution in [2.45, 2.75) is 83.2 Å². The molecule has 6 rings (SSSR count). The van der Waals surface area contributed by atoms with E-state index in [0.29, 0.717) is 47.5 Å². The van der Waals surface area contributed by atoms with Crippen molar-refractivity contribution in [3.63, 3.8) is 0 Å². The molecule has 0 saturated carbocycles. The van der Waals surface area contributed by atoms with E-state index in [2.05, 4.69) is 22.5 Å². The molecule has 0 bridgehead atoms. The summed E-state index contributed by atoms with van der Waals surface area (Å²) in [6.45, 7) is 7.01. The summed E-state index contributed by atoms with van der Waals surface area (Å²) in [4.78, 5) is 32.3. The van der Waals surface area contributed by atoms with Crippen LogP contribution in [0.4, 0.5) is 28.9 Å². The van der Waals surface area contributed by atoms with Crippen LogP contribution in [0.5, 0.6) is 17.2 Å². The summed E-state index contributed by atoms with van der Waals surface area (Å²) in [5.74, 6) is 6.16. The number of nitrogens with one attached hydrogen (secondary N) is 2. The number of aliphatic hydroxyl groups is 1. The van der Waals surface area contributed by atoms with Crippen LogP contribution in [0, 0.1) is 17.8 Å². The van der Waals surface area contributed by atoms with Gasteiger partial charge in [-0.3, -0.25) is 9.59 Å². The van der Waals surface area contributed by atoms with Gasteiger partial charge in [-0.15, -0.1) is 0 Å². The van der Waals surface area contributed by atoms with Gasteiger partial charge in [-0.25, -0.2) is 4.39 Å². The van der Waals surface area contributed by atoms with Gasteiger partial charge in [-0.1, -0.05) is 31.9 Å². The van der Waals surface area contributed by atoms with Crippen LogP contribution in [0.25, 0.3) is 10.9 Å². The molecular weight excluding hydrogens is 821 g/mol.